The van der Waals surface area contributed by atoms with Gasteiger partial charge in [-0.3, -0.25) is 0 Å². The van der Waals surface area contributed by atoms with E-state index in [0.717, 1.165) is 29.6 Å². The minimum Gasteiger partial charge on any atom is -0.358 e. The largest absolute Gasteiger partial charge is 0.358 e. The van der Waals surface area contributed by atoms with Crippen molar-refractivity contribution in [3.05, 3.63) is 35.3 Å². The number of hydrogen-bond donors (Lipinski definition) is 2. The quantitative estimate of drug-likeness (QED) is 0.862. The summed E-state index contributed by atoms with van der Waals surface area (Å²) in [6.07, 6.45) is 6.37. The fourth-order valence-electron chi connectivity index (χ4n) is 3.22. The molecule has 0 saturated heterocycles. The van der Waals surface area contributed by atoms with Crippen molar-refractivity contribution in [1.29, 1.82) is 0 Å². The molecule has 0 bridgehead atoms. The second-order valence-electron chi connectivity index (χ2n) is 5.60. The first-order chi connectivity index (χ1) is 9.24. The van der Waals surface area contributed by atoms with E-state index in [-0.39, 0.29) is 5.82 Å². The van der Waals surface area contributed by atoms with E-state index in [0.29, 0.717) is 6.04 Å². The standard InChI is InChI=1S/C16H21FN2/c1-11-14(8-9-18-13-4-2-3-5-13)15-7-6-12(17)10-16(15)19-11/h6-7,10,13,18-19H,2-5,8-9H2,1H3. The Balaban J connectivity index is 1.71. The SMILES string of the molecule is Cc1[nH]c2cc(F)ccc2c1CCNC1CCCC1. The minimum atomic E-state index is -0.176. The molecule has 1 aliphatic carbocycles. The van der Waals surface area contributed by atoms with E-state index in [1.807, 2.05) is 6.07 Å². The van der Waals surface area contributed by atoms with Crippen LogP contribution >= 0.6 is 0 Å². The number of halogens is 1. The summed E-state index contributed by atoms with van der Waals surface area (Å²) in [5.41, 5.74) is 3.39. The first-order valence-corrected chi connectivity index (χ1v) is 7.24. The maximum Gasteiger partial charge on any atom is 0.125 e. The van der Waals surface area contributed by atoms with Gasteiger partial charge in [-0.15, -0.1) is 0 Å². The Labute approximate surface area is 113 Å². The fourth-order valence-corrected chi connectivity index (χ4v) is 3.22. The summed E-state index contributed by atoms with van der Waals surface area (Å²) < 4.78 is 13.2. The molecule has 0 radical (unpaired) electrons. The van der Waals surface area contributed by atoms with Crippen LogP contribution in [0.25, 0.3) is 10.9 Å². The zero-order valence-corrected chi connectivity index (χ0v) is 11.4. The summed E-state index contributed by atoms with van der Waals surface area (Å²) in [4.78, 5) is 3.28. The molecule has 0 unspecified atom stereocenters. The van der Waals surface area contributed by atoms with Gasteiger partial charge in [0.25, 0.3) is 0 Å². The van der Waals surface area contributed by atoms with Crippen molar-refractivity contribution in [3.63, 3.8) is 0 Å². The maximum absolute atomic E-state index is 13.2. The summed E-state index contributed by atoms with van der Waals surface area (Å²) in [7, 11) is 0. The predicted octanol–water partition coefficient (Wildman–Crippen LogP) is 3.69. The number of aromatic nitrogens is 1. The molecule has 1 aliphatic rings. The molecule has 1 fully saturated rings. The molecule has 2 N–H and O–H groups in total. The monoisotopic (exact) mass is 260 g/mol. The zero-order valence-electron chi connectivity index (χ0n) is 11.4. The van der Waals surface area contributed by atoms with E-state index in [4.69, 9.17) is 0 Å². The van der Waals surface area contributed by atoms with Gasteiger partial charge in [-0.25, -0.2) is 4.39 Å². The average molecular weight is 260 g/mol. The van der Waals surface area contributed by atoms with Crippen molar-refractivity contribution in [1.82, 2.24) is 10.3 Å². The van der Waals surface area contributed by atoms with Crippen LogP contribution in [-0.4, -0.2) is 17.6 Å². The van der Waals surface area contributed by atoms with E-state index < -0.39 is 0 Å². The molecule has 1 aromatic carbocycles. The van der Waals surface area contributed by atoms with Crippen LogP contribution in [0.2, 0.25) is 0 Å². The smallest absolute Gasteiger partial charge is 0.125 e. The van der Waals surface area contributed by atoms with Crippen LogP contribution < -0.4 is 5.32 Å². The van der Waals surface area contributed by atoms with E-state index >= 15 is 0 Å². The van der Waals surface area contributed by atoms with E-state index in [9.17, 15) is 4.39 Å². The number of rotatable bonds is 4. The summed E-state index contributed by atoms with van der Waals surface area (Å²) in [5, 5.41) is 4.79. The molecule has 0 aliphatic heterocycles. The van der Waals surface area contributed by atoms with Gasteiger partial charge >= 0.3 is 0 Å². The molecule has 2 aromatic rings. The summed E-state index contributed by atoms with van der Waals surface area (Å²) in [6.45, 7) is 3.08. The molecule has 3 rings (SSSR count). The number of aryl methyl sites for hydroxylation is 1. The number of benzene rings is 1. The molecule has 1 aromatic heterocycles. The third kappa shape index (κ3) is 2.66. The van der Waals surface area contributed by atoms with Crippen molar-refractivity contribution < 1.29 is 4.39 Å². The zero-order chi connectivity index (χ0) is 13.2. The van der Waals surface area contributed by atoms with Crippen LogP contribution in [0.5, 0.6) is 0 Å². The van der Waals surface area contributed by atoms with Crippen molar-refractivity contribution in [2.45, 2.75) is 45.1 Å². The molecule has 0 amide bonds. The average Bonchev–Trinajstić information content (AvgIpc) is 2.98. The number of fused-ring (bicyclic) bond motifs is 1. The second kappa shape index (κ2) is 5.33. The Morgan fingerprint density at radius 3 is 2.89 bits per heavy atom. The molecule has 102 valence electrons. The van der Waals surface area contributed by atoms with Gasteiger partial charge in [0.15, 0.2) is 0 Å². The van der Waals surface area contributed by atoms with Crippen molar-refractivity contribution in [3.8, 4) is 0 Å². The van der Waals surface area contributed by atoms with Gasteiger partial charge in [0.05, 0.1) is 0 Å². The van der Waals surface area contributed by atoms with Gasteiger partial charge in [0, 0.05) is 22.6 Å². The molecule has 1 heterocycles. The highest BCUT2D eigenvalue weighted by molar-refractivity contribution is 5.84. The number of aromatic amines is 1. The van der Waals surface area contributed by atoms with Crippen LogP contribution in [0.3, 0.4) is 0 Å². The molecular weight excluding hydrogens is 239 g/mol. The van der Waals surface area contributed by atoms with Gasteiger partial charge < -0.3 is 10.3 Å². The first kappa shape index (κ1) is 12.7. The molecule has 3 heteroatoms. The summed E-state index contributed by atoms with van der Waals surface area (Å²) >= 11 is 0. The van der Waals surface area contributed by atoms with Crippen molar-refractivity contribution in [2.24, 2.45) is 0 Å². The topological polar surface area (TPSA) is 27.8 Å². The lowest BCUT2D eigenvalue weighted by Gasteiger charge is -2.11. The van der Waals surface area contributed by atoms with E-state index in [1.165, 1.54) is 31.2 Å². The Hall–Kier alpha value is -1.35. The minimum absolute atomic E-state index is 0.176. The lowest BCUT2D eigenvalue weighted by Crippen LogP contribution is -2.28. The summed E-state index contributed by atoms with van der Waals surface area (Å²) in [6, 6.07) is 5.72. The highest BCUT2D eigenvalue weighted by Crippen LogP contribution is 2.23. The summed E-state index contributed by atoms with van der Waals surface area (Å²) in [5.74, 6) is -0.176. The molecule has 2 nitrogen and oxygen atoms in total. The molecule has 0 spiro atoms. The van der Waals surface area contributed by atoms with Gasteiger partial charge in [0.1, 0.15) is 5.82 Å². The number of H-pyrrole nitrogens is 1. The Morgan fingerprint density at radius 1 is 1.32 bits per heavy atom. The Morgan fingerprint density at radius 2 is 2.11 bits per heavy atom. The first-order valence-electron chi connectivity index (χ1n) is 7.24. The van der Waals surface area contributed by atoms with Gasteiger partial charge in [-0.2, -0.15) is 0 Å². The second-order valence-corrected chi connectivity index (χ2v) is 5.60. The highest BCUT2D eigenvalue weighted by Gasteiger charge is 2.14. The van der Waals surface area contributed by atoms with Crippen molar-refractivity contribution >= 4 is 10.9 Å². The van der Waals surface area contributed by atoms with Crippen molar-refractivity contribution in [2.75, 3.05) is 6.54 Å². The van der Waals surface area contributed by atoms with Crippen LogP contribution in [0, 0.1) is 12.7 Å². The molecule has 0 atom stereocenters. The number of nitrogens with one attached hydrogen (secondary N) is 2. The van der Waals surface area contributed by atoms with Gasteiger partial charge in [-0.05, 0) is 56.5 Å². The van der Waals surface area contributed by atoms with E-state index in [1.54, 1.807) is 12.1 Å². The molecular formula is C16H21FN2. The predicted molar refractivity (Wildman–Crippen MR) is 77.0 cm³/mol. The Bertz CT molecular complexity index is 567. The lowest BCUT2D eigenvalue weighted by atomic mass is 10.1. The van der Waals surface area contributed by atoms with Crippen LogP contribution in [0.4, 0.5) is 4.39 Å². The fraction of sp³-hybridized carbons (Fsp3) is 0.500. The molecule has 1 saturated carbocycles. The van der Waals surface area contributed by atoms with Gasteiger partial charge in [0.2, 0.25) is 0 Å². The Kier molecular flexibility index (Phi) is 3.56. The van der Waals surface area contributed by atoms with Crippen LogP contribution in [0.1, 0.15) is 36.9 Å². The van der Waals surface area contributed by atoms with Gasteiger partial charge in [-0.1, -0.05) is 12.8 Å². The third-order valence-electron chi connectivity index (χ3n) is 4.24. The maximum atomic E-state index is 13.2. The normalized spacial score (nSPS) is 16.5. The van der Waals surface area contributed by atoms with Crippen LogP contribution in [0.15, 0.2) is 18.2 Å². The third-order valence-corrected chi connectivity index (χ3v) is 4.24. The highest BCUT2D eigenvalue weighted by atomic mass is 19.1. The van der Waals surface area contributed by atoms with E-state index in [2.05, 4.69) is 17.2 Å². The lowest BCUT2D eigenvalue weighted by molar-refractivity contribution is 0.528. The number of hydrogen-bond acceptors (Lipinski definition) is 1. The van der Waals surface area contributed by atoms with Crippen LogP contribution in [-0.2, 0) is 6.42 Å². The molecule has 19 heavy (non-hydrogen) atoms.